The standard InChI is InChI=1S/C3H7.CH3.Fe/c1-3-2;;/h3H,1-2H3;1H3;/q2*-1;+3. The molecule has 0 amide bonds. The molecule has 0 fully saturated rings. The molecular formula is C4H10Fe+. The summed E-state index contributed by atoms with van der Waals surface area (Å²) in [6.07, 6.45) is 2.00. The Morgan fingerprint density at radius 1 is 1.20 bits per heavy atom. The molecule has 0 saturated heterocycles. The molecule has 33 valence electrons. The van der Waals surface area contributed by atoms with E-state index >= 15 is 0 Å². The van der Waals surface area contributed by atoms with Gasteiger partial charge >= 0.3 is 17.1 Å². The van der Waals surface area contributed by atoms with Crippen LogP contribution in [0.4, 0.5) is 0 Å². The van der Waals surface area contributed by atoms with Crippen LogP contribution in [0.25, 0.3) is 0 Å². The van der Waals surface area contributed by atoms with Crippen molar-refractivity contribution in [3.05, 3.63) is 13.8 Å². The zero-order chi connectivity index (χ0) is 2.71. The van der Waals surface area contributed by atoms with E-state index in [-0.39, 0.29) is 24.5 Å². The molecule has 0 aromatic rings. The zero-order valence-electron chi connectivity index (χ0n) is 3.93. The van der Waals surface area contributed by atoms with Crippen LogP contribution in [0.5, 0.6) is 0 Å². The fourth-order valence-electron chi connectivity index (χ4n) is 0. The molecule has 0 atom stereocenters. The molecule has 0 spiro atoms. The fourth-order valence-corrected chi connectivity index (χ4v) is 0. The first-order valence-electron chi connectivity index (χ1n) is 1.15. The molecule has 0 unspecified atom stereocenters. The molecule has 0 bridgehead atoms. The van der Waals surface area contributed by atoms with Crippen LogP contribution >= 0.6 is 0 Å². The summed E-state index contributed by atoms with van der Waals surface area (Å²) >= 11 is 0. The minimum atomic E-state index is 0. The van der Waals surface area contributed by atoms with Gasteiger partial charge in [0.05, 0.1) is 0 Å². The van der Waals surface area contributed by atoms with E-state index in [2.05, 4.69) is 0 Å². The second kappa shape index (κ2) is 24.2. The molecule has 1 heteroatoms. The molecular weight excluding hydrogens is 104 g/mol. The van der Waals surface area contributed by atoms with Gasteiger partial charge in [0.1, 0.15) is 0 Å². The maximum atomic E-state index is 2.00. The van der Waals surface area contributed by atoms with E-state index in [9.17, 15) is 0 Å². The minimum Gasteiger partial charge on any atom is -0.358 e. The van der Waals surface area contributed by atoms with E-state index in [1.165, 1.54) is 0 Å². The van der Waals surface area contributed by atoms with Crippen LogP contribution in [0.2, 0.25) is 0 Å². The van der Waals surface area contributed by atoms with E-state index in [1.807, 2.05) is 20.3 Å². The second-order valence-electron chi connectivity index (χ2n) is 0.577. The van der Waals surface area contributed by atoms with Crippen LogP contribution in [0, 0.1) is 13.8 Å². The fraction of sp³-hybridized carbons (Fsp3) is 0.500. The Labute approximate surface area is 45.4 Å². The average Bonchev–Trinajstić information content (AvgIpc) is 0.918. The Kier molecular flexibility index (Phi) is 86.1. The van der Waals surface area contributed by atoms with Crippen LogP contribution < -0.4 is 0 Å². The Morgan fingerprint density at radius 3 is 1.20 bits per heavy atom. The third kappa shape index (κ3) is 106. The van der Waals surface area contributed by atoms with Gasteiger partial charge in [-0.05, 0) is 0 Å². The maximum Gasteiger partial charge on any atom is 3.00 e. The Bertz CT molecular complexity index is 3.61. The summed E-state index contributed by atoms with van der Waals surface area (Å²) in [5, 5.41) is 0. The summed E-state index contributed by atoms with van der Waals surface area (Å²) in [5.74, 6) is 0. The summed E-state index contributed by atoms with van der Waals surface area (Å²) in [4.78, 5) is 0. The average molecular weight is 114 g/mol. The first-order valence-corrected chi connectivity index (χ1v) is 1.15. The summed E-state index contributed by atoms with van der Waals surface area (Å²) in [7, 11) is 0. The molecule has 0 rings (SSSR count). The van der Waals surface area contributed by atoms with Gasteiger partial charge in [0.2, 0.25) is 0 Å². The maximum absolute atomic E-state index is 2.00. The molecule has 0 aliphatic heterocycles. The van der Waals surface area contributed by atoms with Gasteiger partial charge in [-0.15, -0.1) is 0 Å². The second-order valence-corrected chi connectivity index (χ2v) is 0.577. The third-order valence-electron chi connectivity index (χ3n) is 0. The van der Waals surface area contributed by atoms with E-state index in [0.29, 0.717) is 0 Å². The van der Waals surface area contributed by atoms with Crippen LogP contribution in [0.15, 0.2) is 0 Å². The summed E-state index contributed by atoms with van der Waals surface area (Å²) < 4.78 is 0. The largest absolute Gasteiger partial charge is 3.00 e. The molecule has 0 heterocycles. The molecule has 0 saturated carbocycles. The van der Waals surface area contributed by atoms with Crippen molar-refractivity contribution in [2.75, 3.05) is 0 Å². The normalized spacial score (nSPS) is 3.60. The Morgan fingerprint density at radius 2 is 1.20 bits per heavy atom. The van der Waals surface area contributed by atoms with Crippen molar-refractivity contribution >= 4 is 0 Å². The minimum absolute atomic E-state index is 0. The van der Waals surface area contributed by atoms with Crippen molar-refractivity contribution in [2.45, 2.75) is 13.8 Å². The van der Waals surface area contributed by atoms with Gasteiger partial charge in [-0.2, -0.15) is 13.8 Å². The molecule has 0 aromatic heterocycles. The van der Waals surface area contributed by atoms with Gasteiger partial charge in [-0.1, -0.05) is 0 Å². The van der Waals surface area contributed by atoms with Gasteiger partial charge in [-0.3, -0.25) is 0 Å². The summed E-state index contributed by atoms with van der Waals surface area (Å²) in [6.45, 7) is 4.00. The van der Waals surface area contributed by atoms with Gasteiger partial charge in [-0.25, -0.2) is 0 Å². The van der Waals surface area contributed by atoms with Crippen molar-refractivity contribution in [2.24, 2.45) is 0 Å². The molecule has 0 aliphatic rings. The van der Waals surface area contributed by atoms with E-state index in [1.54, 1.807) is 0 Å². The predicted octanol–water partition coefficient (Wildman–Crippen LogP) is 1.68. The van der Waals surface area contributed by atoms with Crippen LogP contribution in [0.3, 0.4) is 0 Å². The molecule has 0 N–H and O–H groups in total. The summed E-state index contributed by atoms with van der Waals surface area (Å²) in [5.41, 5.74) is 0. The smallest absolute Gasteiger partial charge is 0.358 e. The van der Waals surface area contributed by atoms with Gasteiger partial charge in [0.25, 0.3) is 0 Å². The Hall–Kier alpha value is 0.519. The van der Waals surface area contributed by atoms with E-state index in [4.69, 9.17) is 0 Å². The third-order valence-corrected chi connectivity index (χ3v) is 0. The van der Waals surface area contributed by atoms with Crippen molar-refractivity contribution in [3.63, 3.8) is 0 Å². The number of hydrogen-bond donors (Lipinski definition) is 0. The van der Waals surface area contributed by atoms with E-state index < -0.39 is 0 Å². The number of hydrogen-bond acceptors (Lipinski definition) is 0. The zero-order valence-corrected chi connectivity index (χ0v) is 5.04. The van der Waals surface area contributed by atoms with Gasteiger partial charge < -0.3 is 13.8 Å². The topological polar surface area (TPSA) is 0 Å². The van der Waals surface area contributed by atoms with Gasteiger partial charge in [0.15, 0.2) is 0 Å². The molecule has 5 heavy (non-hydrogen) atoms. The van der Waals surface area contributed by atoms with Crippen molar-refractivity contribution < 1.29 is 17.1 Å². The molecule has 1 radical (unpaired) electrons. The number of rotatable bonds is 0. The van der Waals surface area contributed by atoms with E-state index in [0.717, 1.165) is 0 Å². The van der Waals surface area contributed by atoms with Crippen molar-refractivity contribution in [3.8, 4) is 0 Å². The monoisotopic (exact) mass is 114 g/mol. The molecule has 0 aliphatic carbocycles. The van der Waals surface area contributed by atoms with Crippen LogP contribution in [-0.4, -0.2) is 0 Å². The van der Waals surface area contributed by atoms with Gasteiger partial charge in [0, 0.05) is 0 Å². The van der Waals surface area contributed by atoms with Crippen LogP contribution in [-0.2, 0) is 17.1 Å². The van der Waals surface area contributed by atoms with Crippen molar-refractivity contribution in [1.29, 1.82) is 0 Å². The first kappa shape index (κ1) is 17.8. The SMILES string of the molecule is C[CH-]C.[CH3-].[Fe+3]. The van der Waals surface area contributed by atoms with Crippen LogP contribution in [0.1, 0.15) is 13.8 Å². The Balaban J connectivity index is -0.0000000200. The first-order chi connectivity index (χ1) is 1.41. The van der Waals surface area contributed by atoms with Crippen molar-refractivity contribution in [1.82, 2.24) is 0 Å². The predicted molar refractivity (Wildman–Crippen MR) is 22.1 cm³/mol. The molecule has 0 nitrogen and oxygen atoms in total. The quantitative estimate of drug-likeness (QED) is 0.332. The summed E-state index contributed by atoms with van der Waals surface area (Å²) in [6, 6.07) is 0. The molecule has 0 aromatic carbocycles.